The number of morpholine rings is 1. The van der Waals surface area contributed by atoms with Gasteiger partial charge in [0.05, 0.1) is 24.4 Å². The molecule has 0 unspecified atom stereocenters. The number of hydrogen-bond donors (Lipinski definition) is 2. The average Bonchev–Trinajstić information content (AvgIpc) is 2.53. The van der Waals surface area contributed by atoms with Crippen LogP contribution >= 0.6 is 0 Å². The highest BCUT2D eigenvalue weighted by atomic mass is 16.5. The van der Waals surface area contributed by atoms with Crippen molar-refractivity contribution >= 4 is 11.7 Å². The van der Waals surface area contributed by atoms with Crippen LogP contribution in [0.25, 0.3) is 0 Å². The lowest BCUT2D eigenvalue weighted by Crippen LogP contribution is -2.42. The number of nitrogens with zero attached hydrogens (tertiary/aromatic N) is 2. The zero-order valence-electron chi connectivity index (χ0n) is 13.3. The summed E-state index contributed by atoms with van der Waals surface area (Å²) < 4.78 is 5.34. The van der Waals surface area contributed by atoms with Crippen LogP contribution in [0.15, 0.2) is 18.3 Å². The summed E-state index contributed by atoms with van der Waals surface area (Å²) in [4.78, 5) is 18.8. The van der Waals surface area contributed by atoms with E-state index in [1.54, 1.807) is 25.3 Å². The molecule has 2 rings (SSSR count). The summed E-state index contributed by atoms with van der Waals surface area (Å²) in [5.74, 6) is 0.476. The number of rotatable bonds is 6. The van der Waals surface area contributed by atoms with Gasteiger partial charge in [-0.2, -0.15) is 0 Å². The third-order valence-corrected chi connectivity index (χ3v) is 3.76. The topological polar surface area (TPSA) is 74.7 Å². The fraction of sp³-hybridized carbons (Fsp3) is 0.625. The Morgan fingerprint density at radius 1 is 1.50 bits per heavy atom. The first kappa shape index (κ1) is 16.7. The van der Waals surface area contributed by atoms with Gasteiger partial charge in [-0.15, -0.1) is 0 Å². The lowest BCUT2D eigenvalue weighted by atomic mass is 10.0. The number of anilines is 1. The molecule has 2 heterocycles. The standard InChI is InChI=1S/C16H25N3O3/c1-3-6-16(2,21)12-18-15(20)13-5-4-7-17-14(13)19-8-10-22-11-9-19/h4-5,7,21H,3,6,8-12H2,1-2H3,(H,18,20)/t16-/m1/s1. The van der Waals surface area contributed by atoms with Crippen LogP contribution in [0.4, 0.5) is 5.82 Å². The number of amides is 1. The molecule has 0 radical (unpaired) electrons. The van der Waals surface area contributed by atoms with Crippen LogP contribution < -0.4 is 10.2 Å². The minimum atomic E-state index is -0.883. The second-order valence-corrected chi connectivity index (χ2v) is 5.90. The van der Waals surface area contributed by atoms with Gasteiger partial charge in [0.2, 0.25) is 0 Å². The van der Waals surface area contributed by atoms with Gasteiger partial charge in [-0.05, 0) is 25.5 Å². The van der Waals surface area contributed by atoms with Crippen molar-refractivity contribution in [2.24, 2.45) is 0 Å². The molecule has 1 amide bonds. The number of nitrogens with one attached hydrogen (secondary N) is 1. The molecule has 6 nitrogen and oxygen atoms in total. The minimum absolute atomic E-state index is 0.203. The zero-order valence-corrected chi connectivity index (χ0v) is 13.3. The molecule has 0 aliphatic carbocycles. The molecule has 1 aromatic rings. The van der Waals surface area contributed by atoms with Crippen LogP contribution in [0.5, 0.6) is 0 Å². The first-order chi connectivity index (χ1) is 10.5. The Bertz CT molecular complexity index is 499. The van der Waals surface area contributed by atoms with Crippen LogP contribution in [0.2, 0.25) is 0 Å². The Balaban J connectivity index is 2.06. The van der Waals surface area contributed by atoms with Gasteiger partial charge in [0.15, 0.2) is 0 Å². The van der Waals surface area contributed by atoms with Gasteiger partial charge in [0, 0.05) is 25.8 Å². The second kappa shape index (κ2) is 7.56. The highest BCUT2D eigenvalue weighted by Gasteiger charge is 2.23. The Hall–Kier alpha value is -1.66. The van der Waals surface area contributed by atoms with Crippen molar-refractivity contribution in [1.29, 1.82) is 0 Å². The number of carbonyl (C=O) groups is 1. The van der Waals surface area contributed by atoms with Gasteiger partial charge in [0.25, 0.3) is 5.91 Å². The summed E-state index contributed by atoms with van der Waals surface area (Å²) in [5, 5.41) is 13.0. The molecule has 1 fully saturated rings. The summed E-state index contributed by atoms with van der Waals surface area (Å²) in [7, 11) is 0. The summed E-state index contributed by atoms with van der Waals surface area (Å²) in [5.41, 5.74) is -0.345. The highest BCUT2D eigenvalue weighted by molar-refractivity contribution is 5.98. The molecule has 0 saturated carbocycles. The number of ether oxygens (including phenoxy) is 1. The smallest absolute Gasteiger partial charge is 0.255 e. The monoisotopic (exact) mass is 307 g/mol. The molecule has 2 N–H and O–H groups in total. The first-order valence-corrected chi connectivity index (χ1v) is 7.82. The van der Waals surface area contributed by atoms with Gasteiger partial charge < -0.3 is 20.1 Å². The summed E-state index contributed by atoms with van der Waals surface area (Å²) in [6, 6.07) is 3.52. The molecule has 1 aliphatic heterocycles. The number of aliphatic hydroxyl groups is 1. The third-order valence-electron chi connectivity index (χ3n) is 3.76. The lowest BCUT2D eigenvalue weighted by Gasteiger charge is -2.29. The largest absolute Gasteiger partial charge is 0.388 e. The molecule has 1 aliphatic rings. The lowest BCUT2D eigenvalue weighted by molar-refractivity contribution is 0.0469. The van der Waals surface area contributed by atoms with E-state index in [9.17, 15) is 9.90 Å². The molecule has 0 spiro atoms. The predicted octanol–water partition coefficient (Wildman–Crippen LogP) is 1.20. The molecular weight excluding hydrogens is 282 g/mol. The van der Waals surface area contributed by atoms with Crippen molar-refractivity contribution in [3.05, 3.63) is 23.9 Å². The fourth-order valence-corrected chi connectivity index (χ4v) is 2.59. The molecule has 1 aromatic heterocycles. The summed E-state index contributed by atoms with van der Waals surface area (Å²) >= 11 is 0. The molecule has 0 bridgehead atoms. The van der Waals surface area contributed by atoms with E-state index in [4.69, 9.17) is 4.74 Å². The van der Waals surface area contributed by atoms with E-state index in [1.807, 2.05) is 6.92 Å². The van der Waals surface area contributed by atoms with Crippen LogP contribution in [-0.2, 0) is 4.74 Å². The van der Waals surface area contributed by atoms with Crippen molar-refractivity contribution in [3.8, 4) is 0 Å². The van der Waals surface area contributed by atoms with E-state index in [0.717, 1.165) is 19.5 Å². The predicted molar refractivity (Wildman–Crippen MR) is 85.1 cm³/mol. The van der Waals surface area contributed by atoms with Crippen molar-refractivity contribution < 1.29 is 14.6 Å². The molecule has 0 aromatic carbocycles. The first-order valence-electron chi connectivity index (χ1n) is 7.82. The fourth-order valence-electron chi connectivity index (χ4n) is 2.59. The maximum Gasteiger partial charge on any atom is 0.255 e. The van der Waals surface area contributed by atoms with E-state index in [-0.39, 0.29) is 12.5 Å². The highest BCUT2D eigenvalue weighted by Crippen LogP contribution is 2.19. The number of carbonyl (C=O) groups excluding carboxylic acids is 1. The molecule has 122 valence electrons. The quantitative estimate of drug-likeness (QED) is 0.826. The van der Waals surface area contributed by atoms with Gasteiger partial charge in [-0.3, -0.25) is 4.79 Å². The number of hydrogen-bond acceptors (Lipinski definition) is 5. The molecule has 1 saturated heterocycles. The van der Waals surface area contributed by atoms with Crippen LogP contribution in [-0.4, -0.2) is 54.4 Å². The van der Waals surface area contributed by atoms with E-state index < -0.39 is 5.60 Å². The molecule has 1 atom stereocenters. The zero-order chi connectivity index (χ0) is 16.0. The molecule has 6 heteroatoms. The van der Waals surface area contributed by atoms with E-state index in [0.29, 0.717) is 31.0 Å². The third kappa shape index (κ3) is 4.42. The van der Waals surface area contributed by atoms with Crippen LogP contribution in [0.3, 0.4) is 0 Å². The summed E-state index contributed by atoms with van der Waals surface area (Å²) in [6.07, 6.45) is 3.21. The minimum Gasteiger partial charge on any atom is -0.388 e. The Morgan fingerprint density at radius 3 is 2.91 bits per heavy atom. The average molecular weight is 307 g/mol. The normalized spacial score (nSPS) is 17.9. The summed E-state index contributed by atoms with van der Waals surface area (Å²) in [6.45, 7) is 6.72. The number of pyridine rings is 1. The second-order valence-electron chi connectivity index (χ2n) is 5.90. The van der Waals surface area contributed by atoms with E-state index in [2.05, 4.69) is 15.2 Å². The van der Waals surface area contributed by atoms with Crippen LogP contribution in [0.1, 0.15) is 37.0 Å². The van der Waals surface area contributed by atoms with E-state index in [1.165, 1.54) is 0 Å². The molecular formula is C16H25N3O3. The SMILES string of the molecule is CCC[C@@](C)(O)CNC(=O)c1cccnc1N1CCOCC1. The van der Waals surface area contributed by atoms with Gasteiger partial charge in [-0.1, -0.05) is 13.3 Å². The number of aromatic nitrogens is 1. The van der Waals surface area contributed by atoms with Crippen molar-refractivity contribution in [3.63, 3.8) is 0 Å². The van der Waals surface area contributed by atoms with Crippen LogP contribution in [0, 0.1) is 0 Å². The molecule has 22 heavy (non-hydrogen) atoms. The maximum absolute atomic E-state index is 12.4. The van der Waals surface area contributed by atoms with Gasteiger partial charge >= 0.3 is 0 Å². The van der Waals surface area contributed by atoms with Crippen molar-refractivity contribution in [2.45, 2.75) is 32.3 Å². The van der Waals surface area contributed by atoms with Crippen molar-refractivity contribution in [2.75, 3.05) is 37.7 Å². The van der Waals surface area contributed by atoms with Gasteiger partial charge in [0.1, 0.15) is 5.82 Å². The maximum atomic E-state index is 12.4. The Morgan fingerprint density at radius 2 is 2.23 bits per heavy atom. The van der Waals surface area contributed by atoms with Gasteiger partial charge in [-0.25, -0.2) is 4.98 Å². The Labute approximate surface area is 131 Å². The van der Waals surface area contributed by atoms with Crippen molar-refractivity contribution in [1.82, 2.24) is 10.3 Å². The Kier molecular flexibility index (Phi) is 5.74. The van der Waals surface area contributed by atoms with E-state index >= 15 is 0 Å².